The van der Waals surface area contributed by atoms with Gasteiger partial charge >= 0.3 is 0 Å². The fourth-order valence-corrected chi connectivity index (χ4v) is 2.12. The maximum atomic E-state index is 5.69. The van der Waals surface area contributed by atoms with Crippen molar-refractivity contribution in [1.82, 2.24) is 0 Å². The molecule has 0 N–H and O–H groups in total. The highest BCUT2D eigenvalue weighted by Crippen LogP contribution is 2.14. The third-order valence-electron chi connectivity index (χ3n) is 3.30. The summed E-state index contributed by atoms with van der Waals surface area (Å²) in [6.07, 6.45) is 12.0. The SMILES string of the molecule is CC(C)=C=CCCCC#CCCCCOC1CCCCO1. The molecule has 118 valence electrons. The Morgan fingerprint density at radius 1 is 1.14 bits per heavy atom. The Morgan fingerprint density at radius 2 is 1.95 bits per heavy atom. The Kier molecular flexibility index (Phi) is 10.9. The van der Waals surface area contributed by atoms with E-state index in [1.165, 1.54) is 18.4 Å². The summed E-state index contributed by atoms with van der Waals surface area (Å²) >= 11 is 0. The summed E-state index contributed by atoms with van der Waals surface area (Å²) in [5.74, 6) is 6.49. The summed E-state index contributed by atoms with van der Waals surface area (Å²) in [7, 11) is 0. The van der Waals surface area contributed by atoms with Crippen LogP contribution in [0.3, 0.4) is 0 Å². The van der Waals surface area contributed by atoms with Crippen LogP contribution >= 0.6 is 0 Å². The molecule has 2 heteroatoms. The third kappa shape index (κ3) is 11.3. The van der Waals surface area contributed by atoms with E-state index in [4.69, 9.17) is 9.47 Å². The molecule has 0 aromatic carbocycles. The van der Waals surface area contributed by atoms with Crippen molar-refractivity contribution in [3.8, 4) is 11.8 Å². The van der Waals surface area contributed by atoms with Gasteiger partial charge in [0.25, 0.3) is 0 Å². The molecule has 0 spiro atoms. The summed E-state index contributed by atoms with van der Waals surface area (Å²) in [6, 6.07) is 0. The van der Waals surface area contributed by atoms with E-state index in [1.807, 2.05) is 0 Å². The Bertz CT molecular complexity index is 370. The number of rotatable bonds is 8. The zero-order chi connectivity index (χ0) is 15.2. The van der Waals surface area contributed by atoms with Crippen LogP contribution in [0.15, 0.2) is 17.4 Å². The van der Waals surface area contributed by atoms with Gasteiger partial charge in [-0.2, -0.15) is 0 Å². The standard InChI is InChI=1S/C19H30O2/c1-18(2)14-10-8-6-4-3-5-7-9-12-16-20-19-15-11-13-17-21-19/h10,19H,4,6-9,11-13,15-17H2,1-2H3. The predicted molar refractivity (Wildman–Crippen MR) is 88.0 cm³/mol. The van der Waals surface area contributed by atoms with Crippen LogP contribution in [-0.4, -0.2) is 19.5 Å². The van der Waals surface area contributed by atoms with E-state index in [0.29, 0.717) is 0 Å². The molecule has 0 aromatic rings. The van der Waals surface area contributed by atoms with Crippen molar-refractivity contribution in [3.63, 3.8) is 0 Å². The molecule has 0 amide bonds. The smallest absolute Gasteiger partial charge is 0.157 e. The van der Waals surface area contributed by atoms with Crippen molar-refractivity contribution < 1.29 is 9.47 Å². The molecule has 2 nitrogen and oxygen atoms in total. The number of unbranched alkanes of at least 4 members (excludes halogenated alkanes) is 4. The van der Waals surface area contributed by atoms with Crippen LogP contribution in [0.2, 0.25) is 0 Å². The van der Waals surface area contributed by atoms with Gasteiger partial charge in [-0.15, -0.1) is 17.6 Å². The number of allylic oxidation sites excluding steroid dienone is 1. The second-order valence-electron chi connectivity index (χ2n) is 5.72. The minimum absolute atomic E-state index is 0.0543. The van der Waals surface area contributed by atoms with Gasteiger partial charge in [0.2, 0.25) is 0 Å². The molecule has 1 atom stereocenters. The molecule has 0 bridgehead atoms. The minimum Gasteiger partial charge on any atom is -0.353 e. The van der Waals surface area contributed by atoms with E-state index in [0.717, 1.165) is 58.2 Å². The summed E-state index contributed by atoms with van der Waals surface area (Å²) in [6.45, 7) is 5.81. The zero-order valence-electron chi connectivity index (χ0n) is 13.7. The molecule has 1 saturated heterocycles. The van der Waals surface area contributed by atoms with Crippen LogP contribution in [0.5, 0.6) is 0 Å². The van der Waals surface area contributed by atoms with Crippen LogP contribution in [-0.2, 0) is 9.47 Å². The molecule has 0 radical (unpaired) electrons. The average molecular weight is 290 g/mol. The summed E-state index contributed by atoms with van der Waals surface area (Å²) < 4.78 is 11.2. The molecule has 0 aromatic heterocycles. The second-order valence-corrected chi connectivity index (χ2v) is 5.72. The Labute approximate surface area is 130 Å². The van der Waals surface area contributed by atoms with Gasteiger partial charge in [0.1, 0.15) is 0 Å². The van der Waals surface area contributed by atoms with Crippen molar-refractivity contribution in [3.05, 3.63) is 17.4 Å². The van der Waals surface area contributed by atoms with Crippen molar-refractivity contribution in [2.24, 2.45) is 0 Å². The molecule has 1 aliphatic heterocycles. The highest BCUT2D eigenvalue weighted by Gasteiger charge is 2.12. The van der Waals surface area contributed by atoms with Gasteiger partial charge in [0.05, 0.1) is 0 Å². The van der Waals surface area contributed by atoms with Crippen LogP contribution < -0.4 is 0 Å². The lowest BCUT2D eigenvalue weighted by Gasteiger charge is -2.22. The van der Waals surface area contributed by atoms with Gasteiger partial charge in [-0.1, -0.05) is 0 Å². The van der Waals surface area contributed by atoms with Gasteiger partial charge in [0, 0.05) is 26.1 Å². The summed E-state index contributed by atoms with van der Waals surface area (Å²) in [5.41, 5.74) is 4.45. The zero-order valence-corrected chi connectivity index (χ0v) is 13.7. The predicted octanol–water partition coefficient (Wildman–Crippen LogP) is 4.99. The quantitative estimate of drug-likeness (QED) is 0.356. The first-order chi connectivity index (χ1) is 10.3. The lowest BCUT2D eigenvalue weighted by atomic mass is 10.2. The number of hydrogen-bond acceptors (Lipinski definition) is 2. The maximum Gasteiger partial charge on any atom is 0.157 e. The molecule has 1 fully saturated rings. The summed E-state index contributed by atoms with van der Waals surface area (Å²) in [4.78, 5) is 0. The molecule has 0 saturated carbocycles. The second kappa shape index (κ2) is 12.7. The molecule has 1 heterocycles. The third-order valence-corrected chi connectivity index (χ3v) is 3.30. The Morgan fingerprint density at radius 3 is 2.67 bits per heavy atom. The molecular weight excluding hydrogens is 260 g/mol. The van der Waals surface area contributed by atoms with Gasteiger partial charge < -0.3 is 9.47 Å². The molecule has 21 heavy (non-hydrogen) atoms. The van der Waals surface area contributed by atoms with E-state index in [-0.39, 0.29) is 6.29 Å². The van der Waals surface area contributed by atoms with Crippen LogP contribution in [0.1, 0.15) is 71.6 Å². The topological polar surface area (TPSA) is 18.5 Å². The fraction of sp³-hybridized carbons (Fsp3) is 0.737. The van der Waals surface area contributed by atoms with Gasteiger partial charge in [-0.05, 0) is 70.4 Å². The number of hydrogen-bond donors (Lipinski definition) is 0. The van der Waals surface area contributed by atoms with E-state index in [9.17, 15) is 0 Å². The lowest BCUT2D eigenvalue weighted by molar-refractivity contribution is -0.162. The van der Waals surface area contributed by atoms with Crippen LogP contribution in [0.4, 0.5) is 0 Å². The number of ether oxygens (including phenoxy) is 2. The van der Waals surface area contributed by atoms with Gasteiger partial charge in [-0.3, -0.25) is 0 Å². The molecule has 1 rings (SSSR count). The first kappa shape index (κ1) is 18.1. The summed E-state index contributed by atoms with van der Waals surface area (Å²) in [5, 5.41) is 0. The average Bonchev–Trinajstić information content (AvgIpc) is 2.49. The van der Waals surface area contributed by atoms with Gasteiger partial charge in [-0.25, -0.2) is 0 Å². The van der Waals surface area contributed by atoms with Crippen molar-refractivity contribution >= 4 is 0 Å². The van der Waals surface area contributed by atoms with Crippen molar-refractivity contribution in [2.75, 3.05) is 13.2 Å². The Balaban J connectivity index is 1.87. The first-order valence-corrected chi connectivity index (χ1v) is 8.36. The molecule has 1 aliphatic rings. The lowest BCUT2D eigenvalue weighted by Crippen LogP contribution is -2.22. The minimum atomic E-state index is 0.0543. The van der Waals surface area contributed by atoms with E-state index >= 15 is 0 Å². The van der Waals surface area contributed by atoms with Crippen LogP contribution in [0, 0.1) is 11.8 Å². The Hall–Kier alpha value is -1.00. The fourth-order valence-electron chi connectivity index (χ4n) is 2.12. The largest absolute Gasteiger partial charge is 0.353 e. The van der Waals surface area contributed by atoms with Crippen molar-refractivity contribution in [2.45, 2.75) is 77.9 Å². The monoisotopic (exact) mass is 290 g/mol. The molecule has 1 unspecified atom stereocenters. The molecular formula is C19H30O2. The normalized spacial score (nSPS) is 17.5. The maximum absolute atomic E-state index is 5.69. The van der Waals surface area contributed by atoms with E-state index < -0.39 is 0 Å². The van der Waals surface area contributed by atoms with Crippen LogP contribution in [0.25, 0.3) is 0 Å². The van der Waals surface area contributed by atoms with Gasteiger partial charge in [0.15, 0.2) is 6.29 Å². The molecule has 0 aliphatic carbocycles. The van der Waals surface area contributed by atoms with Crippen molar-refractivity contribution in [1.29, 1.82) is 0 Å². The first-order valence-electron chi connectivity index (χ1n) is 8.36. The highest BCUT2D eigenvalue weighted by molar-refractivity contribution is 4.99. The van der Waals surface area contributed by atoms with E-state index in [1.54, 1.807) is 0 Å². The highest BCUT2D eigenvalue weighted by atomic mass is 16.7. The van der Waals surface area contributed by atoms with E-state index in [2.05, 4.69) is 37.5 Å².